The molecule has 0 saturated carbocycles. The first-order valence-corrected chi connectivity index (χ1v) is 7.99. The van der Waals surface area contributed by atoms with Gasteiger partial charge in [0.15, 0.2) is 0 Å². The van der Waals surface area contributed by atoms with Crippen LogP contribution in [0.3, 0.4) is 0 Å². The van der Waals surface area contributed by atoms with Gasteiger partial charge < -0.3 is 0 Å². The second-order valence-corrected chi connectivity index (χ2v) is 5.39. The number of hydrogen-bond donors (Lipinski definition) is 2. The molecular weight excluding hydrogens is 260 g/mol. The minimum atomic E-state index is -0.0874. The SMILES string of the molecule is C=CCC(CCCCCCC)NNC(=O)c1ccccc1. The molecule has 0 heterocycles. The van der Waals surface area contributed by atoms with Crippen molar-refractivity contribution < 1.29 is 4.79 Å². The Balaban J connectivity index is 2.30. The predicted molar refractivity (Wildman–Crippen MR) is 89.0 cm³/mol. The van der Waals surface area contributed by atoms with E-state index >= 15 is 0 Å². The molecule has 21 heavy (non-hydrogen) atoms. The normalized spacial score (nSPS) is 11.9. The molecule has 3 nitrogen and oxygen atoms in total. The van der Waals surface area contributed by atoms with Gasteiger partial charge in [-0.25, -0.2) is 5.43 Å². The van der Waals surface area contributed by atoms with Gasteiger partial charge in [-0.15, -0.1) is 6.58 Å². The maximum Gasteiger partial charge on any atom is 0.265 e. The Bertz CT molecular complexity index is 403. The number of hydrazine groups is 1. The topological polar surface area (TPSA) is 41.1 Å². The molecule has 116 valence electrons. The molecule has 1 unspecified atom stereocenters. The number of hydrogen-bond acceptors (Lipinski definition) is 2. The fourth-order valence-electron chi connectivity index (χ4n) is 2.27. The van der Waals surface area contributed by atoms with Gasteiger partial charge in [-0.1, -0.05) is 63.3 Å². The molecule has 0 aliphatic heterocycles. The van der Waals surface area contributed by atoms with Crippen LogP contribution in [0.5, 0.6) is 0 Å². The molecule has 1 aromatic rings. The Hall–Kier alpha value is -1.61. The number of carbonyl (C=O) groups is 1. The van der Waals surface area contributed by atoms with Gasteiger partial charge in [0, 0.05) is 11.6 Å². The molecule has 0 saturated heterocycles. The van der Waals surface area contributed by atoms with Crippen LogP contribution in [0, 0.1) is 0 Å². The number of rotatable bonds is 11. The zero-order chi connectivity index (χ0) is 15.3. The minimum absolute atomic E-state index is 0.0874. The third-order valence-electron chi connectivity index (χ3n) is 3.53. The lowest BCUT2D eigenvalue weighted by molar-refractivity contribution is 0.0923. The average Bonchev–Trinajstić information content (AvgIpc) is 2.52. The Labute approximate surface area is 128 Å². The monoisotopic (exact) mass is 288 g/mol. The summed E-state index contributed by atoms with van der Waals surface area (Å²) in [4.78, 5) is 12.0. The van der Waals surface area contributed by atoms with Gasteiger partial charge in [0.1, 0.15) is 0 Å². The number of carbonyl (C=O) groups excluding carboxylic acids is 1. The Morgan fingerprint density at radius 2 is 1.90 bits per heavy atom. The van der Waals surface area contributed by atoms with Crippen molar-refractivity contribution in [2.24, 2.45) is 0 Å². The van der Waals surface area contributed by atoms with E-state index in [-0.39, 0.29) is 11.9 Å². The maximum atomic E-state index is 12.0. The van der Waals surface area contributed by atoms with Crippen molar-refractivity contribution in [3.05, 3.63) is 48.6 Å². The molecule has 0 aromatic heterocycles. The Morgan fingerprint density at radius 1 is 1.19 bits per heavy atom. The molecule has 0 radical (unpaired) electrons. The zero-order valence-electron chi connectivity index (χ0n) is 13.1. The summed E-state index contributed by atoms with van der Waals surface area (Å²) in [5, 5.41) is 0. The van der Waals surface area contributed by atoms with Crippen LogP contribution in [0.25, 0.3) is 0 Å². The van der Waals surface area contributed by atoms with Gasteiger partial charge in [0.25, 0.3) is 5.91 Å². The second kappa shape index (κ2) is 11.1. The summed E-state index contributed by atoms with van der Waals surface area (Å²) in [6, 6.07) is 9.51. The van der Waals surface area contributed by atoms with Gasteiger partial charge in [0.05, 0.1) is 0 Å². The van der Waals surface area contributed by atoms with Gasteiger partial charge in [0.2, 0.25) is 0 Å². The number of amides is 1. The van der Waals surface area contributed by atoms with Gasteiger partial charge in [-0.3, -0.25) is 10.2 Å². The van der Waals surface area contributed by atoms with Crippen LogP contribution in [-0.4, -0.2) is 11.9 Å². The van der Waals surface area contributed by atoms with E-state index in [1.54, 1.807) is 0 Å². The highest BCUT2D eigenvalue weighted by Gasteiger charge is 2.09. The van der Waals surface area contributed by atoms with Crippen LogP contribution < -0.4 is 10.9 Å². The van der Waals surface area contributed by atoms with Gasteiger partial charge in [-0.2, -0.15) is 0 Å². The fourth-order valence-corrected chi connectivity index (χ4v) is 2.27. The van der Waals surface area contributed by atoms with Crippen molar-refractivity contribution in [2.75, 3.05) is 0 Å². The van der Waals surface area contributed by atoms with Crippen molar-refractivity contribution in [1.29, 1.82) is 0 Å². The van der Waals surface area contributed by atoms with Crippen LogP contribution in [0.15, 0.2) is 43.0 Å². The van der Waals surface area contributed by atoms with E-state index in [4.69, 9.17) is 0 Å². The lowest BCUT2D eigenvalue weighted by Gasteiger charge is -2.18. The number of nitrogens with one attached hydrogen (secondary N) is 2. The first-order chi connectivity index (χ1) is 10.3. The standard InChI is InChI=1S/C18H28N2O/c1-3-5-6-7-11-15-17(12-4-2)19-20-18(21)16-13-9-8-10-14-16/h4,8-10,13-14,17,19H,2-3,5-7,11-12,15H2,1H3,(H,20,21). The van der Waals surface area contributed by atoms with E-state index < -0.39 is 0 Å². The van der Waals surface area contributed by atoms with Gasteiger partial charge >= 0.3 is 0 Å². The summed E-state index contributed by atoms with van der Waals surface area (Å²) in [6.07, 6.45) is 10.1. The zero-order valence-corrected chi connectivity index (χ0v) is 13.1. The molecule has 0 spiro atoms. The maximum absolute atomic E-state index is 12.0. The van der Waals surface area contributed by atoms with Crippen molar-refractivity contribution in [1.82, 2.24) is 10.9 Å². The van der Waals surface area contributed by atoms with E-state index in [0.29, 0.717) is 5.56 Å². The summed E-state index contributed by atoms with van der Waals surface area (Å²) in [5.74, 6) is -0.0874. The van der Waals surface area contributed by atoms with Crippen LogP contribution in [0.1, 0.15) is 62.2 Å². The molecule has 2 N–H and O–H groups in total. The van der Waals surface area contributed by atoms with Crippen LogP contribution >= 0.6 is 0 Å². The Kier molecular flexibility index (Phi) is 9.21. The smallest absolute Gasteiger partial charge is 0.265 e. The third kappa shape index (κ3) is 7.66. The summed E-state index contributed by atoms with van der Waals surface area (Å²) in [6.45, 7) is 6.01. The molecule has 1 aromatic carbocycles. The summed E-state index contributed by atoms with van der Waals surface area (Å²) < 4.78 is 0. The molecule has 0 aliphatic carbocycles. The largest absolute Gasteiger partial charge is 0.287 e. The highest BCUT2D eigenvalue weighted by molar-refractivity contribution is 5.93. The van der Waals surface area contributed by atoms with E-state index in [9.17, 15) is 4.79 Å². The summed E-state index contributed by atoms with van der Waals surface area (Å²) in [7, 11) is 0. The highest BCUT2D eigenvalue weighted by atomic mass is 16.2. The van der Waals surface area contributed by atoms with Crippen molar-refractivity contribution in [3.63, 3.8) is 0 Å². The van der Waals surface area contributed by atoms with Crippen molar-refractivity contribution in [3.8, 4) is 0 Å². The number of benzene rings is 1. The first kappa shape index (κ1) is 17.4. The summed E-state index contributed by atoms with van der Waals surface area (Å²) in [5.41, 5.74) is 6.61. The Morgan fingerprint density at radius 3 is 2.57 bits per heavy atom. The second-order valence-electron chi connectivity index (χ2n) is 5.39. The van der Waals surface area contributed by atoms with Crippen molar-refractivity contribution >= 4 is 5.91 Å². The molecule has 1 atom stereocenters. The lowest BCUT2D eigenvalue weighted by Crippen LogP contribution is -2.44. The molecule has 0 bridgehead atoms. The minimum Gasteiger partial charge on any atom is -0.287 e. The average molecular weight is 288 g/mol. The molecule has 0 aliphatic rings. The molecular formula is C18H28N2O. The molecule has 3 heteroatoms. The van der Waals surface area contributed by atoms with Crippen molar-refractivity contribution in [2.45, 2.75) is 57.9 Å². The molecule has 0 fully saturated rings. The highest BCUT2D eigenvalue weighted by Crippen LogP contribution is 2.09. The first-order valence-electron chi connectivity index (χ1n) is 7.99. The van der Waals surface area contributed by atoms with Crippen LogP contribution in [0.4, 0.5) is 0 Å². The molecule has 1 rings (SSSR count). The van der Waals surface area contributed by atoms with E-state index in [0.717, 1.165) is 12.8 Å². The quantitative estimate of drug-likeness (QED) is 0.363. The lowest BCUT2D eigenvalue weighted by atomic mass is 10.0. The summed E-state index contributed by atoms with van der Waals surface area (Å²) >= 11 is 0. The third-order valence-corrected chi connectivity index (χ3v) is 3.53. The predicted octanol–water partition coefficient (Wildman–Crippen LogP) is 4.23. The van der Waals surface area contributed by atoms with E-state index in [1.165, 1.54) is 32.1 Å². The number of unbranched alkanes of at least 4 members (excludes halogenated alkanes) is 4. The van der Waals surface area contributed by atoms with Crippen LogP contribution in [-0.2, 0) is 0 Å². The van der Waals surface area contributed by atoms with E-state index in [2.05, 4.69) is 24.4 Å². The fraction of sp³-hybridized carbons (Fsp3) is 0.500. The molecule has 1 amide bonds. The van der Waals surface area contributed by atoms with E-state index in [1.807, 2.05) is 36.4 Å². The van der Waals surface area contributed by atoms with Crippen LogP contribution in [0.2, 0.25) is 0 Å². The van der Waals surface area contributed by atoms with Gasteiger partial charge in [-0.05, 0) is 25.0 Å².